The molecular weight excluding hydrogens is 235 g/mol. The van der Waals surface area contributed by atoms with Crippen LogP contribution in [0.1, 0.15) is 37.0 Å². The van der Waals surface area contributed by atoms with E-state index >= 15 is 0 Å². The summed E-state index contributed by atoms with van der Waals surface area (Å²) in [6.45, 7) is 4.65. The van der Waals surface area contributed by atoms with Crippen molar-refractivity contribution in [3.8, 4) is 0 Å². The third kappa shape index (κ3) is 4.79. The fourth-order valence-electron chi connectivity index (χ4n) is 1.61. The fourth-order valence-corrected chi connectivity index (χ4v) is 1.61. The predicted molar refractivity (Wildman–Crippen MR) is 66.6 cm³/mol. The Balaban J connectivity index is 2.50. The van der Waals surface area contributed by atoms with E-state index in [-0.39, 0.29) is 23.5 Å². The number of hydrogen-bond donors (Lipinski definition) is 2. The van der Waals surface area contributed by atoms with E-state index in [9.17, 15) is 9.18 Å². The molecule has 1 aromatic heterocycles. The summed E-state index contributed by atoms with van der Waals surface area (Å²) < 4.78 is 12.8. The number of nitrogens with one attached hydrogen (secondary N) is 1. The lowest BCUT2D eigenvalue weighted by molar-refractivity contribution is 0.0932. The van der Waals surface area contributed by atoms with Crippen LogP contribution in [-0.2, 0) is 0 Å². The van der Waals surface area contributed by atoms with E-state index in [0.29, 0.717) is 13.0 Å². The Kier molecular flexibility index (Phi) is 5.22. The van der Waals surface area contributed by atoms with Crippen LogP contribution >= 0.6 is 0 Å². The Bertz CT molecular complexity index is 408. The van der Waals surface area contributed by atoms with Crippen LogP contribution in [0.3, 0.4) is 0 Å². The second-order valence-corrected chi connectivity index (χ2v) is 5.04. The highest BCUT2D eigenvalue weighted by Gasteiger charge is 2.18. The van der Waals surface area contributed by atoms with Crippen LogP contribution in [0.25, 0.3) is 0 Å². The minimum absolute atomic E-state index is 0.0933. The third-order valence-electron chi connectivity index (χ3n) is 2.73. The molecule has 0 saturated carbocycles. The van der Waals surface area contributed by atoms with Gasteiger partial charge < -0.3 is 10.4 Å². The molecule has 0 aliphatic carbocycles. The van der Waals surface area contributed by atoms with Gasteiger partial charge in [0.05, 0.1) is 0 Å². The van der Waals surface area contributed by atoms with Gasteiger partial charge in [0.15, 0.2) is 0 Å². The number of hydrogen-bond acceptors (Lipinski definition) is 3. The second-order valence-electron chi connectivity index (χ2n) is 5.04. The van der Waals surface area contributed by atoms with Gasteiger partial charge in [-0.3, -0.25) is 4.79 Å². The molecule has 0 atom stereocenters. The van der Waals surface area contributed by atoms with E-state index < -0.39 is 5.95 Å². The van der Waals surface area contributed by atoms with Gasteiger partial charge in [0, 0.05) is 31.0 Å². The molecule has 1 aromatic rings. The molecule has 1 amide bonds. The topological polar surface area (TPSA) is 62.2 Å². The number of carbonyl (C=O) groups is 1. The lowest BCUT2D eigenvalue weighted by Gasteiger charge is -2.24. The first-order valence-corrected chi connectivity index (χ1v) is 5.95. The molecule has 100 valence electrons. The van der Waals surface area contributed by atoms with E-state index in [4.69, 9.17) is 5.11 Å². The van der Waals surface area contributed by atoms with E-state index in [0.717, 1.165) is 12.5 Å². The number of carbonyl (C=O) groups excluding carboxylic acids is 1. The molecular formula is C13H19FN2O2. The average molecular weight is 254 g/mol. The number of aliphatic hydroxyl groups is 1. The summed E-state index contributed by atoms with van der Waals surface area (Å²) in [5.41, 5.74) is 0.171. The molecule has 2 N–H and O–H groups in total. The summed E-state index contributed by atoms with van der Waals surface area (Å²) in [5.74, 6) is -0.976. The molecule has 0 fully saturated rings. The summed E-state index contributed by atoms with van der Waals surface area (Å²) in [7, 11) is 0. The first-order chi connectivity index (χ1) is 8.44. The van der Waals surface area contributed by atoms with Gasteiger partial charge in [-0.15, -0.1) is 0 Å². The maximum atomic E-state index is 12.8. The number of rotatable bonds is 6. The first kappa shape index (κ1) is 14.6. The smallest absolute Gasteiger partial charge is 0.251 e. The Morgan fingerprint density at radius 1 is 1.56 bits per heavy atom. The number of nitrogens with zero attached hydrogens (tertiary/aromatic N) is 1. The van der Waals surface area contributed by atoms with Crippen LogP contribution in [0.15, 0.2) is 18.3 Å². The molecule has 0 saturated heterocycles. The summed E-state index contributed by atoms with van der Waals surface area (Å²) in [5, 5.41) is 11.5. The molecule has 18 heavy (non-hydrogen) atoms. The molecule has 0 bridgehead atoms. The molecule has 0 unspecified atom stereocenters. The Labute approximate surface area is 106 Å². The highest BCUT2D eigenvalue weighted by Crippen LogP contribution is 2.20. The summed E-state index contributed by atoms with van der Waals surface area (Å²) >= 11 is 0. The monoisotopic (exact) mass is 254 g/mol. The van der Waals surface area contributed by atoms with E-state index in [2.05, 4.69) is 10.3 Å². The van der Waals surface area contributed by atoms with Gasteiger partial charge in [0.1, 0.15) is 0 Å². The Morgan fingerprint density at radius 3 is 2.89 bits per heavy atom. The summed E-state index contributed by atoms with van der Waals surface area (Å²) in [4.78, 5) is 15.2. The largest absolute Gasteiger partial charge is 0.396 e. The number of amides is 1. The Hall–Kier alpha value is -1.49. The average Bonchev–Trinajstić information content (AvgIpc) is 2.34. The lowest BCUT2D eigenvalue weighted by atomic mass is 9.88. The second kappa shape index (κ2) is 6.44. The van der Waals surface area contributed by atoms with E-state index in [1.807, 2.05) is 13.8 Å². The van der Waals surface area contributed by atoms with Gasteiger partial charge in [-0.05, 0) is 24.3 Å². The van der Waals surface area contributed by atoms with Gasteiger partial charge in [-0.2, -0.15) is 4.39 Å². The normalized spacial score (nSPS) is 11.3. The molecule has 1 heterocycles. The lowest BCUT2D eigenvalue weighted by Crippen LogP contribution is -2.34. The fraction of sp³-hybridized carbons (Fsp3) is 0.538. The van der Waals surface area contributed by atoms with Crippen molar-refractivity contribution < 1.29 is 14.3 Å². The van der Waals surface area contributed by atoms with Gasteiger partial charge >= 0.3 is 0 Å². The van der Waals surface area contributed by atoms with Crippen LogP contribution in [-0.4, -0.2) is 29.1 Å². The molecule has 0 aromatic carbocycles. The number of aromatic nitrogens is 1. The van der Waals surface area contributed by atoms with Gasteiger partial charge in [-0.1, -0.05) is 13.8 Å². The van der Waals surface area contributed by atoms with Crippen LogP contribution < -0.4 is 5.32 Å². The van der Waals surface area contributed by atoms with Crippen molar-refractivity contribution in [2.45, 2.75) is 26.7 Å². The minimum atomic E-state index is -0.665. The number of halogens is 1. The molecule has 0 spiro atoms. The Morgan fingerprint density at radius 2 is 2.28 bits per heavy atom. The molecule has 1 rings (SSSR count). The number of pyridine rings is 1. The van der Waals surface area contributed by atoms with Crippen molar-refractivity contribution in [3.63, 3.8) is 0 Å². The van der Waals surface area contributed by atoms with Crippen molar-refractivity contribution in [1.29, 1.82) is 0 Å². The maximum absolute atomic E-state index is 12.8. The summed E-state index contributed by atoms with van der Waals surface area (Å²) in [6, 6.07) is 2.58. The minimum Gasteiger partial charge on any atom is -0.396 e. The standard InChI is InChI=1S/C13H19FN2O2/c1-13(2,5-3-7-17)9-16-12(18)10-4-6-15-11(14)8-10/h4,6,8,17H,3,5,7,9H2,1-2H3,(H,16,18). The first-order valence-electron chi connectivity index (χ1n) is 5.95. The zero-order valence-electron chi connectivity index (χ0n) is 10.7. The van der Waals surface area contributed by atoms with E-state index in [1.165, 1.54) is 12.3 Å². The van der Waals surface area contributed by atoms with Crippen LogP contribution in [0, 0.1) is 11.4 Å². The molecule has 4 nitrogen and oxygen atoms in total. The van der Waals surface area contributed by atoms with Crippen LogP contribution in [0.2, 0.25) is 0 Å². The quantitative estimate of drug-likeness (QED) is 0.760. The van der Waals surface area contributed by atoms with Crippen molar-refractivity contribution in [2.24, 2.45) is 5.41 Å². The third-order valence-corrected chi connectivity index (χ3v) is 2.73. The van der Waals surface area contributed by atoms with Crippen molar-refractivity contribution in [1.82, 2.24) is 10.3 Å². The van der Waals surface area contributed by atoms with Crippen molar-refractivity contribution >= 4 is 5.91 Å². The van der Waals surface area contributed by atoms with Crippen molar-refractivity contribution in [3.05, 3.63) is 29.8 Å². The van der Waals surface area contributed by atoms with Crippen LogP contribution in [0.4, 0.5) is 4.39 Å². The summed E-state index contributed by atoms with van der Waals surface area (Å²) in [6.07, 6.45) is 2.78. The highest BCUT2D eigenvalue weighted by molar-refractivity contribution is 5.94. The highest BCUT2D eigenvalue weighted by atomic mass is 19.1. The predicted octanol–water partition coefficient (Wildman–Crippen LogP) is 1.75. The van der Waals surface area contributed by atoms with Crippen LogP contribution in [0.5, 0.6) is 0 Å². The zero-order chi connectivity index (χ0) is 13.6. The van der Waals surface area contributed by atoms with Gasteiger partial charge in [0.25, 0.3) is 5.91 Å². The molecule has 0 aliphatic rings. The molecule has 0 aliphatic heterocycles. The maximum Gasteiger partial charge on any atom is 0.251 e. The molecule has 0 radical (unpaired) electrons. The van der Waals surface area contributed by atoms with Gasteiger partial charge in [-0.25, -0.2) is 4.98 Å². The van der Waals surface area contributed by atoms with Crippen molar-refractivity contribution in [2.75, 3.05) is 13.2 Å². The van der Waals surface area contributed by atoms with E-state index in [1.54, 1.807) is 0 Å². The molecule has 5 heteroatoms. The van der Waals surface area contributed by atoms with Gasteiger partial charge in [0.2, 0.25) is 5.95 Å². The number of aliphatic hydroxyl groups excluding tert-OH is 1. The zero-order valence-corrected chi connectivity index (χ0v) is 10.7. The SMILES string of the molecule is CC(C)(CCCO)CNC(=O)c1ccnc(F)c1.